The lowest BCUT2D eigenvalue weighted by Crippen LogP contribution is -2.17. The molecule has 1 fully saturated rings. The number of nitrogens with one attached hydrogen (secondary N) is 1. The van der Waals surface area contributed by atoms with E-state index in [2.05, 4.69) is 22.2 Å². The highest BCUT2D eigenvalue weighted by Crippen LogP contribution is 2.27. The summed E-state index contributed by atoms with van der Waals surface area (Å²) in [6.45, 7) is 3.71. The van der Waals surface area contributed by atoms with Crippen LogP contribution in [-0.2, 0) is 11.2 Å². The maximum absolute atomic E-state index is 12.6. The summed E-state index contributed by atoms with van der Waals surface area (Å²) in [5, 5.41) is 3.33. The van der Waals surface area contributed by atoms with E-state index in [4.69, 9.17) is 0 Å². The van der Waals surface area contributed by atoms with Crippen LogP contribution in [0.3, 0.4) is 0 Å². The molecule has 0 aliphatic carbocycles. The number of ether oxygens (including phenoxy) is 1. The molecule has 0 bridgehead atoms. The number of benzene rings is 2. The number of carbonyl (C=O) groups is 1. The van der Waals surface area contributed by atoms with Gasteiger partial charge < -0.3 is 10.1 Å². The molecule has 0 amide bonds. The third-order valence-electron chi connectivity index (χ3n) is 4.96. The molecule has 6 heteroatoms. The van der Waals surface area contributed by atoms with E-state index in [0.717, 1.165) is 25.1 Å². The zero-order valence-electron chi connectivity index (χ0n) is 15.1. The van der Waals surface area contributed by atoms with Crippen LogP contribution in [0.4, 0.5) is 13.2 Å². The number of rotatable bonds is 6. The molecule has 2 atom stereocenters. The number of Topliss-reactive ketones (excluding diaryl/α,β-unsaturated/α-hetero) is 1. The quantitative estimate of drug-likeness (QED) is 0.801. The van der Waals surface area contributed by atoms with Crippen molar-refractivity contribution in [3.05, 3.63) is 65.2 Å². The van der Waals surface area contributed by atoms with E-state index in [-0.39, 0.29) is 18.0 Å². The molecule has 1 saturated heterocycles. The number of alkyl halides is 3. The number of halogens is 3. The van der Waals surface area contributed by atoms with Crippen LogP contribution in [0.2, 0.25) is 0 Å². The lowest BCUT2D eigenvalue weighted by molar-refractivity contribution is -0.274. The van der Waals surface area contributed by atoms with Gasteiger partial charge >= 0.3 is 6.36 Å². The molecule has 1 aliphatic heterocycles. The van der Waals surface area contributed by atoms with Crippen LogP contribution in [0.5, 0.6) is 5.75 Å². The van der Waals surface area contributed by atoms with Crippen molar-refractivity contribution in [2.75, 3.05) is 13.1 Å². The Hall–Kier alpha value is -2.34. The third kappa shape index (κ3) is 5.32. The predicted molar refractivity (Wildman–Crippen MR) is 96.9 cm³/mol. The van der Waals surface area contributed by atoms with Crippen LogP contribution in [0.25, 0.3) is 0 Å². The molecule has 0 saturated carbocycles. The van der Waals surface area contributed by atoms with Crippen molar-refractivity contribution in [2.24, 2.45) is 0 Å². The van der Waals surface area contributed by atoms with E-state index in [0.29, 0.717) is 11.5 Å². The minimum atomic E-state index is -4.75. The van der Waals surface area contributed by atoms with Crippen molar-refractivity contribution in [3.8, 4) is 5.75 Å². The topological polar surface area (TPSA) is 38.3 Å². The van der Waals surface area contributed by atoms with Crippen LogP contribution >= 0.6 is 0 Å². The summed E-state index contributed by atoms with van der Waals surface area (Å²) in [4.78, 5) is 12.6. The molecule has 2 aromatic rings. The van der Waals surface area contributed by atoms with Gasteiger partial charge in [0.25, 0.3) is 0 Å². The molecule has 1 heterocycles. The fourth-order valence-electron chi connectivity index (χ4n) is 3.37. The highest BCUT2D eigenvalue weighted by Gasteiger charge is 2.31. The van der Waals surface area contributed by atoms with E-state index < -0.39 is 12.3 Å². The van der Waals surface area contributed by atoms with E-state index >= 15 is 0 Å². The Morgan fingerprint density at radius 3 is 2.59 bits per heavy atom. The summed E-state index contributed by atoms with van der Waals surface area (Å²) in [7, 11) is 0. The van der Waals surface area contributed by atoms with Crippen LogP contribution in [0, 0.1) is 0 Å². The van der Waals surface area contributed by atoms with E-state index in [1.165, 1.54) is 23.8 Å². The zero-order chi connectivity index (χ0) is 19.4. The average Bonchev–Trinajstić information content (AvgIpc) is 3.15. The highest BCUT2D eigenvalue weighted by atomic mass is 19.4. The number of ketones is 1. The Morgan fingerprint density at radius 1 is 1.22 bits per heavy atom. The van der Waals surface area contributed by atoms with Crippen LogP contribution in [-0.4, -0.2) is 25.2 Å². The highest BCUT2D eigenvalue weighted by molar-refractivity contribution is 5.87. The molecule has 2 aromatic carbocycles. The number of carbonyl (C=O) groups excluding carboxylic acids is 1. The largest absolute Gasteiger partial charge is 0.573 e. The Balaban J connectivity index is 1.64. The second-order valence-corrected chi connectivity index (χ2v) is 6.92. The first-order chi connectivity index (χ1) is 12.8. The molecule has 144 valence electrons. The van der Waals surface area contributed by atoms with Crippen LogP contribution in [0.15, 0.2) is 48.5 Å². The molecule has 3 rings (SSSR count). The molecule has 2 unspecified atom stereocenters. The van der Waals surface area contributed by atoms with Gasteiger partial charge in [-0.05, 0) is 47.7 Å². The normalized spacial score (nSPS) is 18.3. The summed E-state index contributed by atoms with van der Waals surface area (Å²) < 4.78 is 41.1. The van der Waals surface area contributed by atoms with Gasteiger partial charge in [0, 0.05) is 18.9 Å². The van der Waals surface area contributed by atoms with Gasteiger partial charge in [-0.25, -0.2) is 0 Å². The fraction of sp³-hybridized carbons (Fsp3) is 0.381. The number of hydrogen-bond donors (Lipinski definition) is 1. The third-order valence-corrected chi connectivity index (χ3v) is 4.96. The molecular formula is C21H22F3NO2. The van der Waals surface area contributed by atoms with Crippen molar-refractivity contribution in [3.63, 3.8) is 0 Å². The summed E-state index contributed by atoms with van der Waals surface area (Å²) in [5.74, 6) is -0.353. The Kier molecular flexibility index (Phi) is 5.85. The summed E-state index contributed by atoms with van der Waals surface area (Å²) >= 11 is 0. The van der Waals surface area contributed by atoms with Crippen LogP contribution in [0.1, 0.15) is 41.9 Å². The van der Waals surface area contributed by atoms with Crippen molar-refractivity contribution >= 4 is 5.78 Å². The average molecular weight is 377 g/mol. The maximum Gasteiger partial charge on any atom is 0.573 e. The minimum absolute atomic E-state index is 0.0468. The monoisotopic (exact) mass is 377 g/mol. The Morgan fingerprint density at radius 2 is 1.96 bits per heavy atom. The summed E-state index contributed by atoms with van der Waals surface area (Å²) in [6.07, 6.45) is -3.39. The molecule has 0 spiro atoms. The molecule has 1 N–H and O–H groups in total. The van der Waals surface area contributed by atoms with Crippen molar-refractivity contribution in [2.45, 2.75) is 38.0 Å². The summed E-state index contributed by atoms with van der Waals surface area (Å²) in [6, 6.07) is 13.6. The second kappa shape index (κ2) is 8.13. The molecule has 1 aliphatic rings. The van der Waals surface area contributed by atoms with Gasteiger partial charge in [0.2, 0.25) is 0 Å². The first kappa shape index (κ1) is 19.4. The summed E-state index contributed by atoms with van der Waals surface area (Å²) in [5.41, 5.74) is 2.68. The lowest BCUT2D eigenvalue weighted by Gasteiger charge is -2.14. The van der Waals surface area contributed by atoms with Crippen molar-refractivity contribution in [1.82, 2.24) is 5.32 Å². The van der Waals surface area contributed by atoms with Gasteiger partial charge in [0.1, 0.15) is 11.5 Å². The van der Waals surface area contributed by atoms with Crippen molar-refractivity contribution < 1.29 is 22.7 Å². The molecular weight excluding hydrogens is 355 g/mol. The van der Waals surface area contributed by atoms with Gasteiger partial charge in [-0.1, -0.05) is 43.3 Å². The molecule has 0 radical (unpaired) electrons. The zero-order valence-corrected chi connectivity index (χ0v) is 15.1. The van der Waals surface area contributed by atoms with Crippen LogP contribution < -0.4 is 10.1 Å². The lowest BCUT2D eigenvalue weighted by atomic mass is 9.91. The Labute approximate surface area is 156 Å². The first-order valence-corrected chi connectivity index (χ1v) is 9.00. The Bertz CT molecular complexity index is 781. The second-order valence-electron chi connectivity index (χ2n) is 6.92. The predicted octanol–water partition coefficient (Wildman–Crippen LogP) is 4.58. The fourth-order valence-corrected chi connectivity index (χ4v) is 3.37. The molecule has 0 aromatic heterocycles. The molecule has 3 nitrogen and oxygen atoms in total. The molecule has 27 heavy (non-hydrogen) atoms. The SMILES string of the molecule is CC(C(=O)Cc1ccc(C2CCNC2)cc1)c1cccc(OC(F)(F)F)c1. The van der Waals surface area contributed by atoms with Crippen molar-refractivity contribution in [1.29, 1.82) is 0 Å². The van der Waals surface area contributed by atoms with E-state index in [9.17, 15) is 18.0 Å². The van der Waals surface area contributed by atoms with Gasteiger partial charge in [0.05, 0.1) is 0 Å². The maximum atomic E-state index is 12.6. The first-order valence-electron chi connectivity index (χ1n) is 9.00. The van der Waals surface area contributed by atoms with E-state index in [1.54, 1.807) is 13.0 Å². The standard InChI is InChI=1S/C21H22F3NO2/c1-14(17-3-2-4-19(12-17)27-21(22,23)24)20(26)11-15-5-7-16(8-6-15)18-9-10-25-13-18/h2-8,12,14,18,25H,9-11,13H2,1H3. The van der Waals surface area contributed by atoms with Gasteiger partial charge in [0.15, 0.2) is 0 Å². The smallest absolute Gasteiger partial charge is 0.406 e. The van der Waals surface area contributed by atoms with Gasteiger partial charge in [-0.3, -0.25) is 4.79 Å². The van der Waals surface area contributed by atoms with Gasteiger partial charge in [-0.2, -0.15) is 0 Å². The number of hydrogen-bond acceptors (Lipinski definition) is 3. The van der Waals surface area contributed by atoms with E-state index in [1.807, 2.05) is 12.1 Å². The van der Waals surface area contributed by atoms with Gasteiger partial charge in [-0.15, -0.1) is 13.2 Å². The minimum Gasteiger partial charge on any atom is -0.406 e.